The molecule has 0 aromatic carbocycles. The molecule has 0 bridgehead atoms. The summed E-state index contributed by atoms with van der Waals surface area (Å²) in [4.78, 5) is 21.2. The fraction of sp³-hybridized carbons (Fsp3) is 0.857. The molecule has 4 N–H and O–H groups in total. The molecule has 0 heterocycles. The van der Waals surface area contributed by atoms with Crippen LogP contribution in [-0.2, 0) is 9.59 Å². The van der Waals surface area contributed by atoms with E-state index in [4.69, 9.17) is 11.5 Å². The number of hydrogen-bond acceptors (Lipinski definition) is 2. The van der Waals surface area contributed by atoms with Crippen molar-refractivity contribution in [2.75, 3.05) is 0 Å². The van der Waals surface area contributed by atoms with Crippen LogP contribution in [0.5, 0.6) is 0 Å². The van der Waals surface area contributed by atoms with E-state index in [9.17, 15) is 9.59 Å². The molecule has 2 fully saturated rings. The summed E-state index contributed by atoms with van der Waals surface area (Å²) in [7, 11) is 0. The van der Waals surface area contributed by atoms with Gasteiger partial charge in [0.2, 0.25) is 11.8 Å². The van der Waals surface area contributed by atoms with E-state index in [0.717, 1.165) is 25.7 Å². The van der Waals surface area contributed by atoms with Gasteiger partial charge in [-0.2, -0.15) is 0 Å². The molecule has 2 rings (SSSR count). The van der Waals surface area contributed by atoms with E-state index >= 15 is 0 Å². The largest absolute Gasteiger partial charge is 1.00 e. The normalized spacial score (nSPS) is 20.6. The fourth-order valence-corrected chi connectivity index (χ4v) is 2.77. The quantitative estimate of drug-likeness (QED) is 0.640. The summed E-state index contributed by atoms with van der Waals surface area (Å²) >= 11 is 0. The van der Waals surface area contributed by atoms with Crippen molar-refractivity contribution < 1.29 is 29.9 Å². The Labute approximate surface area is 129 Å². The predicted molar refractivity (Wildman–Crippen MR) is 72.7 cm³/mol. The topological polar surface area (TPSA) is 86.2 Å². The van der Waals surface area contributed by atoms with Crippen LogP contribution in [-0.4, -0.2) is 11.8 Å². The maximum absolute atomic E-state index is 10.6. The number of amides is 2. The standard InChI is InChI=1S/2C7H13NO.Li.H/c2*8-7(9)6-4-2-1-3-5-6;;/h2*6H,1-5H2,(H2,8,9);;/q;;+1;-1. The molecule has 2 aliphatic rings. The summed E-state index contributed by atoms with van der Waals surface area (Å²) in [6.07, 6.45) is 11.4. The van der Waals surface area contributed by atoms with E-state index < -0.39 is 0 Å². The number of rotatable bonds is 2. The van der Waals surface area contributed by atoms with Gasteiger partial charge in [-0.05, 0) is 25.7 Å². The summed E-state index contributed by atoms with van der Waals surface area (Å²) in [6, 6.07) is 0. The van der Waals surface area contributed by atoms with E-state index in [1.807, 2.05) is 0 Å². The summed E-state index contributed by atoms with van der Waals surface area (Å²) in [6.45, 7) is 0. The molecule has 4 nitrogen and oxygen atoms in total. The van der Waals surface area contributed by atoms with Gasteiger partial charge in [0.1, 0.15) is 0 Å². The van der Waals surface area contributed by atoms with Gasteiger partial charge in [-0.3, -0.25) is 9.59 Å². The van der Waals surface area contributed by atoms with E-state index in [2.05, 4.69) is 0 Å². The molecule has 2 aliphatic carbocycles. The van der Waals surface area contributed by atoms with Crippen LogP contribution in [0.25, 0.3) is 0 Å². The Morgan fingerprint density at radius 2 is 0.947 bits per heavy atom. The zero-order chi connectivity index (χ0) is 13.4. The molecule has 2 amide bonds. The van der Waals surface area contributed by atoms with Gasteiger partial charge in [-0.25, -0.2) is 0 Å². The molecule has 0 aliphatic heterocycles. The van der Waals surface area contributed by atoms with Crippen LogP contribution in [0.1, 0.15) is 65.6 Å². The average Bonchev–Trinajstić information content (AvgIpc) is 2.41. The van der Waals surface area contributed by atoms with Crippen LogP contribution < -0.4 is 30.3 Å². The van der Waals surface area contributed by atoms with Crippen LogP contribution in [0, 0.1) is 11.8 Å². The Balaban J connectivity index is 0. The second kappa shape index (κ2) is 10.3. The molecule has 0 atom stereocenters. The van der Waals surface area contributed by atoms with Crippen molar-refractivity contribution in [3.05, 3.63) is 0 Å². The Kier molecular flexibility index (Phi) is 10.1. The molecule has 5 heteroatoms. The molecule has 2 saturated carbocycles. The van der Waals surface area contributed by atoms with Crippen LogP contribution in [0.4, 0.5) is 0 Å². The van der Waals surface area contributed by atoms with Crippen molar-refractivity contribution >= 4 is 11.8 Å². The van der Waals surface area contributed by atoms with Crippen molar-refractivity contribution in [1.29, 1.82) is 0 Å². The Bertz CT molecular complexity index is 250. The minimum atomic E-state index is -0.102. The van der Waals surface area contributed by atoms with Crippen LogP contribution in [0.15, 0.2) is 0 Å². The van der Waals surface area contributed by atoms with Gasteiger partial charge >= 0.3 is 18.9 Å². The maximum Gasteiger partial charge on any atom is 1.00 e. The van der Waals surface area contributed by atoms with Gasteiger partial charge in [-0.1, -0.05) is 38.5 Å². The Morgan fingerprint density at radius 3 is 1.11 bits per heavy atom. The zero-order valence-electron chi connectivity index (χ0n) is 13.2. The van der Waals surface area contributed by atoms with Gasteiger partial charge in [0, 0.05) is 11.8 Å². The number of hydrogen-bond donors (Lipinski definition) is 2. The van der Waals surface area contributed by atoms with Crippen molar-refractivity contribution in [1.82, 2.24) is 0 Å². The number of carbonyl (C=O) groups excluding carboxylic acids is 2. The molecule has 0 aromatic heterocycles. The second-order valence-corrected chi connectivity index (χ2v) is 5.47. The SMILES string of the molecule is NC(=O)C1CCCCC1.NC(=O)C1CCCCC1.[H-].[Li+]. The molecular formula is C14H27LiN2O2. The monoisotopic (exact) mass is 262 g/mol. The summed E-state index contributed by atoms with van der Waals surface area (Å²) < 4.78 is 0. The molecule has 0 aromatic rings. The van der Waals surface area contributed by atoms with Gasteiger partial charge in [0.05, 0.1) is 0 Å². The average molecular weight is 262 g/mol. The Morgan fingerprint density at radius 1 is 0.684 bits per heavy atom. The van der Waals surface area contributed by atoms with Crippen molar-refractivity contribution in [3.63, 3.8) is 0 Å². The minimum Gasteiger partial charge on any atom is -1.00 e. The van der Waals surface area contributed by atoms with Crippen molar-refractivity contribution in [2.45, 2.75) is 64.2 Å². The summed E-state index contributed by atoms with van der Waals surface area (Å²) in [5.41, 5.74) is 10.3. The predicted octanol–water partition coefficient (Wildman–Crippen LogP) is -0.779. The van der Waals surface area contributed by atoms with E-state index in [-0.39, 0.29) is 43.9 Å². The van der Waals surface area contributed by atoms with E-state index in [1.165, 1.54) is 38.5 Å². The van der Waals surface area contributed by atoms with Gasteiger partial charge in [0.25, 0.3) is 0 Å². The maximum atomic E-state index is 10.6. The minimum absolute atomic E-state index is 0. The van der Waals surface area contributed by atoms with Gasteiger partial charge in [0.15, 0.2) is 0 Å². The molecule has 0 saturated heterocycles. The molecular weight excluding hydrogens is 235 g/mol. The van der Waals surface area contributed by atoms with Crippen LogP contribution in [0.3, 0.4) is 0 Å². The van der Waals surface area contributed by atoms with E-state index in [0.29, 0.717) is 0 Å². The second-order valence-electron chi connectivity index (χ2n) is 5.47. The molecule has 0 radical (unpaired) electrons. The number of carbonyl (C=O) groups is 2. The fourth-order valence-electron chi connectivity index (χ4n) is 2.77. The first-order valence-electron chi connectivity index (χ1n) is 7.20. The third kappa shape index (κ3) is 7.64. The first-order chi connectivity index (χ1) is 8.61. The number of nitrogens with two attached hydrogens (primary N) is 2. The molecule has 0 unspecified atom stereocenters. The smallest absolute Gasteiger partial charge is 1.00 e. The zero-order valence-corrected chi connectivity index (χ0v) is 12.2. The summed E-state index contributed by atoms with van der Waals surface area (Å²) in [5, 5.41) is 0. The third-order valence-corrected chi connectivity index (χ3v) is 4.02. The van der Waals surface area contributed by atoms with Gasteiger partial charge in [-0.15, -0.1) is 0 Å². The molecule has 19 heavy (non-hydrogen) atoms. The first kappa shape index (κ1) is 18.5. The van der Waals surface area contributed by atoms with Crippen molar-refractivity contribution in [2.24, 2.45) is 23.3 Å². The molecule has 106 valence electrons. The van der Waals surface area contributed by atoms with Crippen molar-refractivity contribution in [3.8, 4) is 0 Å². The number of primary amides is 2. The van der Waals surface area contributed by atoms with E-state index in [1.54, 1.807) is 0 Å². The third-order valence-electron chi connectivity index (χ3n) is 4.02. The molecule has 0 spiro atoms. The summed E-state index contributed by atoms with van der Waals surface area (Å²) in [5.74, 6) is 0.182. The van der Waals surface area contributed by atoms with Crippen LogP contribution >= 0.6 is 0 Å². The van der Waals surface area contributed by atoms with Crippen LogP contribution in [0.2, 0.25) is 0 Å². The first-order valence-corrected chi connectivity index (χ1v) is 7.20. The van der Waals surface area contributed by atoms with Gasteiger partial charge < -0.3 is 12.9 Å². The Hall–Kier alpha value is -0.463.